The zero-order valence-corrected chi connectivity index (χ0v) is 19.3. The second kappa shape index (κ2) is 12.8. The van der Waals surface area contributed by atoms with Gasteiger partial charge in [-0.2, -0.15) is 26.3 Å². The smallest absolute Gasteiger partial charge is 0.475 e. The maximum atomic E-state index is 10.6. The standard InChI is InChI=1S/C18H23N3O2.2C2HF3O2/c1-4-16(12-19-7-1)21-8-3-6-18(15-21)14-20(9-11-23-18)13-17-5-2-10-22-17;2*3-2(4,5)1(6)7/h1-2,4-5,7,10,12H,3,6,8-9,11,13-15H2;2*(H,6,7). The summed E-state index contributed by atoms with van der Waals surface area (Å²) in [5.74, 6) is -4.48. The molecule has 15 heteroatoms. The third kappa shape index (κ3) is 9.92. The van der Waals surface area contributed by atoms with Gasteiger partial charge < -0.3 is 24.3 Å². The van der Waals surface area contributed by atoms with Crippen LogP contribution in [0.4, 0.5) is 32.0 Å². The summed E-state index contributed by atoms with van der Waals surface area (Å²) in [4.78, 5) is 26.9. The fourth-order valence-electron chi connectivity index (χ4n) is 3.79. The van der Waals surface area contributed by atoms with Gasteiger partial charge in [0.2, 0.25) is 0 Å². The van der Waals surface area contributed by atoms with Gasteiger partial charge in [-0.25, -0.2) is 9.59 Å². The van der Waals surface area contributed by atoms with Crippen LogP contribution in [-0.2, 0) is 20.9 Å². The monoisotopic (exact) mass is 541 g/mol. The number of rotatable bonds is 3. The molecule has 1 spiro atoms. The van der Waals surface area contributed by atoms with Crippen LogP contribution in [0.15, 0.2) is 47.3 Å². The molecule has 2 aromatic rings. The number of pyridine rings is 1. The summed E-state index contributed by atoms with van der Waals surface area (Å²) in [5, 5.41) is 14.2. The predicted molar refractivity (Wildman–Crippen MR) is 116 cm³/mol. The largest absolute Gasteiger partial charge is 0.490 e. The van der Waals surface area contributed by atoms with Gasteiger partial charge in [0, 0.05) is 32.4 Å². The van der Waals surface area contributed by atoms with Crippen LogP contribution < -0.4 is 4.90 Å². The minimum atomic E-state index is -5.08. The molecule has 0 saturated carbocycles. The minimum Gasteiger partial charge on any atom is -0.475 e. The van der Waals surface area contributed by atoms with Crippen molar-refractivity contribution in [2.24, 2.45) is 0 Å². The summed E-state index contributed by atoms with van der Waals surface area (Å²) in [7, 11) is 0. The second-order valence-corrected chi connectivity index (χ2v) is 8.16. The number of furan rings is 1. The van der Waals surface area contributed by atoms with Crippen LogP contribution in [0.25, 0.3) is 0 Å². The highest BCUT2D eigenvalue weighted by Gasteiger charge is 2.41. The van der Waals surface area contributed by atoms with E-state index in [9.17, 15) is 26.3 Å². The van der Waals surface area contributed by atoms with E-state index in [-0.39, 0.29) is 5.60 Å². The summed E-state index contributed by atoms with van der Waals surface area (Å²) in [6.45, 7) is 5.61. The van der Waals surface area contributed by atoms with Crippen molar-refractivity contribution < 1.29 is 55.3 Å². The number of aliphatic carboxylic acids is 2. The van der Waals surface area contributed by atoms with Crippen molar-refractivity contribution in [3.63, 3.8) is 0 Å². The molecule has 0 bridgehead atoms. The molecule has 0 aromatic carbocycles. The number of carboxylic acid groups (broad SMARTS) is 2. The van der Waals surface area contributed by atoms with Crippen molar-refractivity contribution in [1.29, 1.82) is 0 Å². The van der Waals surface area contributed by atoms with E-state index in [1.165, 1.54) is 5.69 Å². The van der Waals surface area contributed by atoms with E-state index in [0.29, 0.717) is 0 Å². The third-order valence-electron chi connectivity index (χ3n) is 5.32. The molecule has 1 unspecified atom stereocenters. The highest BCUT2D eigenvalue weighted by atomic mass is 19.4. The molecule has 206 valence electrons. The summed E-state index contributed by atoms with van der Waals surface area (Å²) in [6, 6.07) is 8.14. The molecular formula is C22H25F6N3O6. The van der Waals surface area contributed by atoms with E-state index in [4.69, 9.17) is 29.0 Å². The van der Waals surface area contributed by atoms with Gasteiger partial charge in [0.25, 0.3) is 0 Å². The highest BCUT2D eigenvalue weighted by Crippen LogP contribution is 2.32. The van der Waals surface area contributed by atoms with Crippen molar-refractivity contribution in [2.45, 2.75) is 37.3 Å². The van der Waals surface area contributed by atoms with Gasteiger partial charge in [-0.3, -0.25) is 9.88 Å². The molecule has 0 aliphatic carbocycles. The zero-order chi connectivity index (χ0) is 27.7. The molecule has 2 fully saturated rings. The molecule has 4 heterocycles. The van der Waals surface area contributed by atoms with Crippen LogP contribution in [0, 0.1) is 0 Å². The molecule has 37 heavy (non-hydrogen) atoms. The predicted octanol–water partition coefficient (Wildman–Crippen LogP) is 3.81. The number of morpholine rings is 1. The Morgan fingerprint density at radius 2 is 1.65 bits per heavy atom. The number of piperidine rings is 1. The quantitative estimate of drug-likeness (QED) is 0.560. The fraction of sp³-hybridized carbons (Fsp3) is 0.500. The summed E-state index contributed by atoms with van der Waals surface area (Å²) in [5.41, 5.74) is 1.12. The Morgan fingerprint density at radius 3 is 2.16 bits per heavy atom. The number of hydrogen-bond donors (Lipinski definition) is 2. The minimum absolute atomic E-state index is 0.0705. The van der Waals surface area contributed by atoms with E-state index in [1.807, 2.05) is 30.6 Å². The number of carbonyl (C=O) groups is 2. The lowest BCUT2D eigenvalue weighted by molar-refractivity contribution is -0.193. The Bertz CT molecular complexity index is 959. The lowest BCUT2D eigenvalue weighted by Crippen LogP contribution is -2.59. The zero-order valence-electron chi connectivity index (χ0n) is 19.3. The number of hydrogen-bond acceptors (Lipinski definition) is 7. The number of carboxylic acids is 2. The van der Waals surface area contributed by atoms with Crippen LogP contribution in [0.2, 0.25) is 0 Å². The van der Waals surface area contributed by atoms with Crippen molar-refractivity contribution in [2.75, 3.05) is 37.7 Å². The Morgan fingerprint density at radius 1 is 1.00 bits per heavy atom. The number of aromatic nitrogens is 1. The molecule has 2 saturated heterocycles. The summed E-state index contributed by atoms with van der Waals surface area (Å²) >= 11 is 0. The van der Waals surface area contributed by atoms with Gasteiger partial charge in [-0.05, 0) is 37.1 Å². The van der Waals surface area contributed by atoms with Crippen molar-refractivity contribution in [1.82, 2.24) is 9.88 Å². The highest BCUT2D eigenvalue weighted by molar-refractivity contribution is 5.73. The molecule has 2 aromatic heterocycles. The lowest BCUT2D eigenvalue weighted by atomic mass is 9.90. The van der Waals surface area contributed by atoms with Gasteiger partial charge in [0.1, 0.15) is 5.76 Å². The Kier molecular flexibility index (Phi) is 10.3. The first-order chi connectivity index (χ1) is 17.2. The van der Waals surface area contributed by atoms with Gasteiger partial charge in [0.05, 0.1) is 36.9 Å². The normalized spacial score (nSPS) is 20.3. The number of alkyl halides is 6. The molecular weight excluding hydrogens is 516 g/mol. The van der Waals surface area contributed by atoms with E-state index in [0.717, 1.165) is 57.9 Å². The molecule has 2 aliphatic heterocycles. The van der Waals surface area contributed by atoms with Gasteiger partial charge in [0.15, 0.2) is 0 Å². The molecule has 2 N–H and O–H groups in total. The molecule has 4 rings (SSSR count). The van der Waals surface area contributed by atoms with E-state index in [2.05, 4.69) is 20.9 Å². The van der Waals surface area contributed by atoms with Crippen molar-refractivity contribution >= 4 is 17.6 Å². The molecule has 0 radical (unpaired) electrons. The first kappa shape index (κ1) is 29.9. The van der Waals surface area contributed by atoms with Gasteiger partial charge in [-0.15, -0.1) is 0 Å². The van der Waals surface area contributed by atoms with Crippen molar-refractivity contribution in [3.8, 4) is 0 Å². The van der Waals surface area contributed by atoms with Crippen LogP contribution >= 0.6 is 0 Å². The van der Waals surface area contributed by atoms with Crippen molar-refractivity contribution in [3.05, 3.63) is 48.7 Å². The molecule has 0 amide bonds. The van der Waals surface area contributed by atoms with Gasteiger partial charge in [-0.1, -0.05) is 0 Å². The average Bonchev–Trinajstić information content (AvgIpc) is 3.32. The molecule has 2 aliphatic rings. The van der Waals surface area contributed by atoms with Crippen LogP contribution in [0.1, 0.15) is 18.6 Å². The third-order valence-corrected chi connectivity index (χ3v) is 5.32. The lowest BCUT2D eigenvalue weighted by Gasteiger charge is -2.48. The van der Waals surface area contributed by atoms with Crippen LogP contribution in [0.3, 0.4) is 0 Å². The average molecular weight is 541 g/mol. The molecule has 1 atom stereocenters. The maximum Gasteiger partial charge on any atom is 0.490 e. The summed E-state index contributed by atoms with van der Waals surface area (Å²) < 4.78 is 75.2. The van der Waals surface area contributed by atoms with E-state index in [1.54, 1.807) is 6.26 Å². The Labute approximate surface area is 207 Å². The Balaban J connectivity index is 0.000000286. The van der Waals surface area contributed by atoms with E-state index < -0.39 is 24.3 Å². The van der Waals surface area contributed by atoms with Crippen LogP contribution in [-0.4, -0.2) is 82.8 Å². The first-order valence-electron chi connectivity index (χ1n) is 10.9. The topological polar surface area (TPSA) is 116 Å². The summed E-state index contributed by atoms with van der Waals surface area (Å²) in [6.07, 6.45) is -2.37. The van der Waals surface area contributed by atoms with Gasteiger partial charge >= 0.3 is 24.3 Å². The maximum absolute atomic E-state index is 10.6. The van der Waals surface area contributed by atoms with E-state index >= 15 is 0 Å². The number of ether oxygens (including phenoxy) is 1. The van der Waals surface area contributed by atoms with Crippen LogP contribution in [0.5, 0.6) is 0 Å². The SMILES string of the molecule is O=C(O)C(F)(F)F.O=C(O)C(F)(F)F.c1cncc(N2CCCC3(CN(Cc4ccco4)CCO3)C2)c1. The molecule has 9 nitrogen and oxygen atoms in total. The Hall–Kier alpha value is -3.33. The first-order valence-corrected chi connectivity index (χ1v) is 10.9. The number of nitrogens with zero attached hydrogens (tertiary/aromatic N) is 3. The fourth-order valence-corrected chi connectivity index (χ4v) is 3.79. The second-order valence-electron chi connectivity index (χ2n) is 8.16. The number of halogens is 6. The number of anilines is 1.